The first-order valence-electron chi connectivity index (χ1n) is 6.67. The zero-order valence-electron chi connectivity index (χ0n) is 11.5. The van der Waals surface area contributed by atoms with Crippen molar-refractivity contribution in [3.8, 4) is 0 Å². The van der Waals surface area contributed by atoms with Gasteiger partial charge in [-0.2, -0.15) is 0 Å². The van der Waals surface area contributed by atoms with Gasteiger partial charge in [-0.3, -0.25) is 0 Å². The molecule has 110 valence electrons. The van der Waals surface area contributed by atoms with Gasteiger partial charge >= 0.3 is 0 Å². The van der Waals surface area contributed by atoms with Gasteiger partial charge in [-0.25, -0.2) is 8.42 Å². The Hall–Kier alpha value is -2.14. The topological polar surface area (TPSA) is 66.7 Å². The molecule has 2 rings (SSSR count). The first-order valence-corrected chi connectivity index (χ1v) is 8.33. The van der Waals surface area contributed by atoms with E-state index in [-0.39, 0.29) is 5.75 Å². The lowest BCUT2D eigenvalue weighted by atomic mass is 10.1. The van der Waals surface area contributed by atoms with E-state index in [9.17, 15) is 8.42 Å². The van der Waals surface area contributed by atoms with Gasteiger partial charge in [0.15, 0.2) is 9.84 Å². The summed E-state index contributed by atoms with van der Waals surface area (Å²) in [5.41, 5.74) is 1.30. The summed E-state index contributed by atoms with van der Waals surface area (Å²) in [6.45, 7) is 0. The number of hydrogen-bond acceptors (Lipinski definition) is 4. The van der Waals surface area contributed by atoms with Crippen LogP contribution in [-0.2, 0) is 9.84 Å². The third kappa shape index (κ3) is 4.16. The monoisotopic (exact) mass is 303 g/mol. The molecule has 0 aromatic heterocycles. The number of oxime groups is 1. The van der Waals surface area contributed by atoms with Crippen molar-refractivity contribution in [2.45, 2.75) is 17.7 Å². The zero-order chi connectivity index (χ0) is 15.1. The van der Waals surface area contributed by atoms with E-state index in [4.69, 9.17) is 5.21 Å². The van der Waals surface area contributed by atoms with Crippen molar-refractivity contribution in [1.82, 2.24) is 0 Å². The largest absolute Gasteiger partial charge is 0.411 e. The van der Waals surface area contributed by atoms with Crippen LogP contribution < -0.4 is 0 Å². The van der Waals surface area contributed by atoms with Crippen molar-refractivity contribution < 1.29 is 13.6 Å². The maximum absolute atomic E-state index is 12.1. The van der Waals surface area contributed by atoms with Crippen molar-refractivity contribution in [1.29, 1.82) is 0 Å². The molecule has 4 nitrogen and oxygen atoms in total. The predicted molar refractivity (Wildman–Crippen MR) is 82.5 cm³/mol. The molecular weight excluding hydrogens is 286 g/mol. The fourth-order valence-electron chi connectivity index (χ4n) is 2.06. The minimum absolute atomic E-state index is 0.0306. The molecule has 0 atom stereocenters. The van der Waals surface area contributed by atoms with Gasteiger partial charge in [0.25, 0.3) is 0 Å². The maximum Gasteiger partial charge on any atom is 0.178 e. The van der Waals surface area contributed by atoms with E-state index < -0.39 is 9.84 Å². The highest BCUT2D eigenvalue weighted by Crippen LogP contribution is 2.13. The van der Waals surface area contributed by atoms with E-state index in [1.165, 1.54) is 0 Å². The lowest BCUT2D eigenvalue weighted by molar-refractivity contribution is 0.318. The van der Waals surface area contributed by atoms with E-state index in [0.717, 1.165) is 5.56 Å². The molecule has 0 unspecified atom stereocenters. The Bertz CT molecular complexity index is 695. The summed E-state index contributed by atoms with van der Waals surface area (Å²) in [6, 6.07) is 17.6. The summed E-state index contributed by atoms with van der Waals surface area (Å²) in [7, 11) is -3.28. The molecule has 2 aromatic rings. The summed E-state index contributed by atoms with van der Waals surface area (Å²) < 4.78 is 24.3. The van der Waals surface area contributed by atoms with Crippen LogP contribution in [0.2, 0.25) is 0 Å². The molecule has 2 aromatic carbocycles. The Balaban J connectivity index is 1.98. The Kier molecular flexibility index (Phi) is 5.11. The highest BCUT2D eigenvalue weighted by atomic mass is 32.2. The standard InChI is InChI=1S/C16H17NO3S/c18-17-16(14-8-3-1-4-9-14)12-7-13-21(19,20)15-10-5-2-6-11-15/h1-6,8-11,18H,7,12-13H2/b17-16+. The number of nitrogens with zero attached hydrogens (tertiary/aromatic N) is 1. The van der Waals surface area contributed by atoms with Crippen molar-refractivity contribution >= 4 is 15.5 Å². The number of rotatable bonds is 6. The van der Waals surface area contributed by atoms with Gasteiger partial charge in [0.2, 0.25) is 0 Å². The van der Waals surface area contributed by atoms with E-state index >= 15 is 0 Å². The van der Waals surface area contributed by atoms with Gasteiger partial charge in [-0.15, -0.1) is 0 Å². The Morgan fingerprint density at radius 2 is 1.52 bits per heavy atom. The molecule has 0 aliphatic rings. The van der Waals surface area contributed by atoms with Crippen LogP contribution in [0.4, 0.5) is 0 Å². The quantitative estimate of drug-likeness (QED) is 0.506. The fourth-order valence-corrected chi connectivity index (χ4v) is 3.39. The highest BCUT2D eigenvalue weighted by Gasteiger charge is 2.14. The van der Waals surface area contributed by atoms with Crippen LogP contribution in [0.3, 0.4) is 0 Å². The second kappa shape index (κ2) is 7.04. The van der Waals surface area contributed by atoms with E-state index in [1.54, 1.807) is 30.3 Å². The first-order chi connectivity index (χ1) is 10.1. The van der Waals surface area contributed by atoms with Gasteiger partial charge in [-0.1, -0.05) is 53.7 Å². The highest BCUT2D eigenvalue weighted by molar-refractivity contribution is 7.91. The third-order valence-corrected chi connectivity index (χ3v) is 4.97. The molecule has 5 heteroatoms. The summed E-state index contributed by atoms with van der Waals surface area (Å²) in [4.78, 5) is 0.326. The molecule has 0 aliphatic heterocycles. The fraction of sp³-hybridized carbons (Fsp3) is 0.188. The minimum atomic E-state index is -3.28. The Morgan fingerprint density at radius 1 is 0.952 bits per heavy atom. The smallest absolute Gasteiger partial charge is 0.178 e. The van der Waals surface area contributed by atoms with Crippen LogP contribution in [-0.4, -0.2) is 25.1 Å². The molecule has 21 heavy (non-hydrogen) atoms. The summed E-state index contributed by atoms with van der Waals surface area (Å²) in [5, 5.41) is 12.3. The molecule has 0 bridgehead atoms. The lowest BCUT2D eigenvalue weighted by Gasteiger charge is -2.06. The number of benzene rings is 2. The molecule has 0 aliphatic carbocycles. The molecule has 0 radical (unpaired) electrons. The maximum atomic E-state index is 12.1. The summed E-state index contributed by atoms with van der Waals surface area (Å²) >= 11 is 0. The second-order valence-corrected chi connectivity index (χ2v) is 6.76. The Labute approximate surface area is 124 Å². The summed E-state index contributed by atoms with van der Waals surface area (Å²) in [6.07, 6.45) is 0.818. The normalized spacial score (nSPS) is 12.3. The first kappa shape index (κ1) is 15.3. The predicted octanol–water partition coefficient (Wildman–Crippen LogP) is 3.12. The molecule has 0 amide bonds. The average molecular weight is 303 g/mol. The average Bonchev–Trinajstić information content (AvgIpc) is 2.53. The van der Waals surface area contributed by atoms with Crippen molar-refractivity contribution in [2.75, 3.05) is 5.75 Å². The minimum Gasteiger partial charge on any atom is -0.411 e. The van der Waals surface area contributed by atoms with Crippen LogP contribution >= 0.6 is 0 Å². The van der Waals surface area contributed by atoms with Crippen LogP contribution in [0.1, 0.15) is 18.4 Å². The lowest BCUT2D eigenvalue weighted by Crippen LogP contribution is -2.09. The number of sulfone groups is 1. The van der Waals surface area contributed by atoms with Crippen molar-refractivity contribution in [3.63, 3.8) is 0 Å². The molecule has 0 spiro atoms. The van der Waals surface area contributed by atoms with Gasteiger partial charge < -0.3 is 5.21 Å². The molecule has 0 saturated heterocycles. The van der Waals surface area contributed by atoms with Gasteiger partial charge in [0.05, 0.1) is 16.4 Å². The molecule has 0 fully saturated rings. The van der Waals surface area contributed by atoms with Crippen LogP contribution in [0, 0.1) is 0 Å². The van der Waals surface area contributed by atoms with Crippen LogP contribution in [0.15, 0.2) is 70.7 Å². The van der Waals surface area contributed by atoms with Crippen LogP contribution in [0.5, 0.6) is 0 Å². The molecule has 0 saturated carbocycles. The molecule has 0 heterocycles. The third-order valence-electron chi connectivity index (χ3n) is 3.16. The van der Waals surface area contributed by atoms with Crippen LogP contribution in [0.25, 0.3) is 0 Å². The Morgan fingerprint density at radius 3 is 2.10 bits per heavy atom. The van der Waals surface area contributed by atoms with Gasteiger partial charge in [-0.05, 0) is 30.5 Å². The SMILES string of the molecule is O=S(=O)(CCC/C(=N\O)c1ccccc1)c1ccccc1. The zero-order valence-corrected chi connectivity index (χ0v) is 12.3. The molecular formula is C16H17NO3S. The van der Waals surface area contributed by atoms with Crippen molar-refractivity contribution in [3.05, 3.63) is 66.2 Å². The molecule has 1 N–H and O–H groups in total. The summed E-state index contributed by atoms with van der Waals surface area (Å²) in [5.74, 6) is 0.0306. The van der Waals surface area contributed by atoms with E-state index in [0.29, 0.717) is 23.4 Å². The van der Waals surface area contributed by atoms with E-state index in [1.807, 2.05) is 30.3 Å². The van der Waals surface area contributed by atoms with Gasteiger partial charge in [0, 0.05) is 0 Å². The van der Waals surface area contributed by atoms with Gasteiger partial charge in [0.1, 0.15) is 0 Å². The number of hydrogen-bond donors (Lipinski definition) is 1. The van der Waals surface area contributed by atoms with Crippen molar-refractivity contribution in [2.24, 2.45) is 5.16 Å². The second-order valence-electron chi connectivity index (χ2n) is 4.65. The van der Waals surface area contributed by atoms with E-state index in [2.05, 4.69) is 5.16 Å².